The lowest BCUT2D eigenvalue weighted by Crippen LogP contribution is -2.53. The first kappa shape index (κ1) is 28.4. The lowest BCUT2D eigenvalue weighted by atomic mass is 10.1. The van der Waals surface area contributed by atoms with E-state index in [0.717, 1.165) is 44.5 Å². The Morgan fingerprint density at radius 3 is 2.05 bits per heavy atom. The highest BCUT2D eigenvalue weighted by Crippen LogP contribution is 2.32. The molecule has 3 N–H and O–H groups in total. The number of rotatable bonds is 8. The van der Waals surface area contributed by atoms with E-state index in [1.54, 1.807) is 18.2 Å². The quantitative estimate of drug-likeness (QED) is 0.409. The summed E-state index contributed by atoms with van der Waals surface area (Å²) in [6, 6.07) is 14.7. The maximum absolute atomic E-state index is 13.6. The van der Waals surface area contributed by atoms with Crippen molar-refractivity contribution in [3.63, 3.8) is 0 Å². The van der Waals surface area contributed by atoms with Gasteiger partial charge in [0, 0.05) is 26.2 Å². The summed E-state index contributed by atoms with van der Waals surface area (Å²) in [7, 11) is -8.80. The number of nitrogens with two attached hydrogens (primary N) is 1. The molecule has 1 unspecified atom stereocenters. The average molecular weight is 602 g/mol. The second-order valence-electron chi connectivity index (χ2n) is 8.38. The molecule has 9 nitrogen and oxygen atoms in total. The first-order valence-corrected chi connectivity index (χ1v) is 14.9. The third-order valence-electron chi connectivity index (χ3n) is 5.93. The Hall–Kier alpha value is -2.58. The van der Waals surface area contributed by atoms with Crippen LogP contribution in [-0.2, 0) is 37.9 Å². The van der Waals surface area contributed by atoms with E-state index in [2.05, 4.69) is 5.32 Å². The van der Waals surface area contributed by atoms with Gasteiger partial charge < -0.3 is 11.1 Å². The van der Waals surface area contributed by atoms with Crippen LogP contribution in [0.25, 0.3) is 0 Å². The van der Waals surface area contributed by atoms with Crippen molar-refractivity contribution in [2.45, 2.75) is 29.0 Å². The molecule has 0 aliphatic carbocycles. The lowest BCUT2D eigenvalue weighted by molar-refractivity contribution is -0.126. The van der Waals surface area contributed by atoms with E-state index in [1.165, 1.54) is 12.1 Å². The maximum Gasteiger partial charge on any atom is 0.254 e. The highest BCUT2D eigenvalue weighted by atomic mass is 35.5. The SMILES string of the molecule is NCc1cccc(CNC(=O)C2N(S(=O)(=O)c3ccc(F)cc3)CCN2S(=O)(=O)c2ccc(Cl)c(Cl)c2)c1. The summed E-state index contributed by atoms with van der Waals surface area (Å²) in [6.45, 7) is -0.358. The van der Waals surface area contributed by atoms with Crippen molar-refractivity contribution in [3.05, 3.63) is 93.7 Å². The molecule has 3 aromatic carbocycles. The molecule has 1 heterocycles. The fraction of sp³-hybridized carbons (Fsp3) is 0.208. The van der Waals surface area contributed by atoms with Gasteiger partial charge in [-0.05, 0) is 53.6 Å². The van der Waals surface area contributed by atoms with Gasteiger partial charge in [0.15, 0.2) is 6.17 Å². The number of amides is 1. The second-order valence-corrected chi connectivity index (χ2v) is 13.0. The topological polar surface area (TPSA) is 130 Å². The van der Waals surface area contributed by atoms with E-state index in [0.29, 0.717) is 5.56 Å². The molecule has 0 aromatic heterocycles. The third kappa shape index (κ3) is 5.71. The summed E-state index contributed by atoms with van der Waals surface area (Å²) in [4.78, 5) is 12.9. The van der Waals surface area contributed by atoms with Crippen LogP contribution >= 0.6 is 23.2 Å². The number of carbonyl (C=O) groups excluding carboxylic acids is 1. The molecular formula is C24H23Cl2FN4O5S2. The molecule has 14 heteroatoms. The molecule has 1 atom stereocenters. The molecule has 0 bridgehead atoms. The predicted molar refractivity (Wildman–Crippen MR) is 141 cm³/mol. The van der Waals surface area contributed by atoms with Crippen LogP contribution in [0.15, 0.2) is 76.5 Å². The number of hydrogen-bond donors (Lipinski definition) is 2. The Labute approximate surface area is 230 Å². The molecule has 202 valence electrons. The van der Waals surface area contributed by atoms with E-state index in [9.17, 15) is 26.0 Å². The van der Waals surface area contributed by atoms with Crippen molar-refractivity contribution in [1.29, 1.82) is 0 Å². The van der Waals surface area contributed by atoms with Gasteiger partial charge in [0.25, 0.3) is 5.91 Å². The fourth-order valence-corrected chi connectivity index (χ4v) is 7.55. The van der Waals surface area contributed by atoms with E-state index in [1.807, 2.05) is 6.07 Å². The largest absolute Gasteiger partial charge is 0.349 e. The van der Waals surface area contributed by atoms with Crippen LogP contribution in [0.2, 0.25) is 10.0 Å². The molecule has 1 saturated heterocycles. The molecule has 0 saturated carbocycles. The fourth-order valence-electron chi connectivity index (χ4n) is 4.01. The van der Waals surface area contributed by atoms with Crippen LogP contribution < -0.4 is 11.1 Å². The van der Waals surface area contributed by atoms with Gasteiger partial charge in [-0.2, -0.15) is 8.61 Å². The molecule has 1 aliphatic rings. The molecule has 38 heavy (non-hydrogen) atoms. The van der Waals surface area contributed by atoms with Crippen molar-refractivity contribution in [3.8, 4) is 0 Å². The van der Waals surface area contributed by atoms with Crippen molar-refractivity contribution in [2.24, 2.45) is 5.73 Å². The zero-order chi connectivity index (χ0) is 27.7. The van der Waals surface area contributed by atoms with Crippen molar-refractivity contribution in [1.82, 2.24) is 13.9 Å². The number of benzene rings is 3. The van der Waals surface area contributed by atoms with E-state index < -0.39 is 37.9 Å². The first-order valence-electron chi connectivity index (χ1n) is 11.2. The predicted octanol–water partition coefficient (Wildman–Crippen LogP) is 2.93. The monoisotopic (exact) mass is 600 g/mol. The van der Waals surface area contributed by atoms with Gasteiger partial charge in [0.05, 0.1) is 19.8 Å². The van der Waals surface area contributed by atoms with Gasteiger partial charge in [-0.15, -0.1) is 0 Å². The summed E-state index contributed by atoms with van der Waals surface area (Å²) in [6.07, 6.45) is -1.76. The average Bonchev–Trinajstić information content (AvgIpc) is 3.36. The Kier molecular flexibility index (Phi) is 8.43. The molecule has 0 spiro atoms. The zero-order valence-electron chi connectivity index (χ0n) is 19.7. The molecule has 1 amide bonds. The number of hydrogen-bond acceptors (Lipinski definition) is 6. The van der Waals surface area contributed by atoms with E-state index in [-0.39, 0.29) is 46.0 Å². The first-order chi connectivity index (χ1) is 17.9. The maximum atomic E-state index is 13.6. The van der Waals surface area contributed by atoms with Crippen molar-refractivity contribution >= 4 is 49.2 Å². The van der Waals surface area contributed by atoms with Crippen LogP contribution in [0.3, 0.4) is 0 Å². The van der Waals surface area contributed by atoms with Gasteiger partial charge in [-0.3, -0.25) is 4.79 Å². The summed E-state index contributed by atoms with van der Waals surface area (Å²) in [5.74, 6) is -1.52. The molecule has 0 radical (unpaired) electrons. The molecule has 3 aromatic rings. The second kappa shape index (κ2) is 11.3. The summed E-state index contributed by atoms with van der Waals surface area (Å²) >= 11 is 11.9. The molecule has 4 rings (SSSR count). The Bertz CT molecular complexity index is 1570. The molecule has 1 fully saturated rings. The summed E-state index contributed by atoms with van der Waals surface area (Å²) in [5, 5.41) is 2.73. The highest BCUT2D eigenvalue weighted by molar-refractivity contribution is 7.90. The van der Waals surface area contributed by atoms with Crippen LogP contribution in [0.5, 0.6) is 0 Å². The number of nitrogens with one attached hydrogen (secondary N) is 1. The van der Waals surface area contributed by atoms with E-state index in [4.69, 9.17) is 28.9 Å². The minimum atomic E-state index is -4.40. The van der Waals surface area contributed by atoms with Gasteiger partial charge >= 0.3 is 0 Å². The lowest BCUT2D eigenvalue weighted by Gasteiger charge is -2.28. The Balaban J connectivity index is 1.71. The number of sulfonamides is 2. The van der Waals surface area contributed by atoms with Crippen molar-refractivity contribution < 1.29 is 26.0 Å². The Morgan fingerprint density at radius 2 is 1.45 bits per heavy atom. The number of nitrogens with zero attached hydrogens (tertiary/aromatic N) is 2. The van der Waals surface area contributed by atoms with E-state index >= 15 is 0 Å². The number of halogens is 3. The summed E-state index contributed by atoms with van der Waals surface area (Å²) < 4.78 is 69.1. The van der Waals surface area contributed by atoms with Crippen LogP contribution in [0.4, 0.5) is 4.39 Å². The minimum Gasteiger partial charge on any atom is -0.349 e. The van der Waals surface area contributed by atoms with Crippen molar-refractivity contribution in [2.75, 3.05) is 13.1 Å². The van der Waals surface area contributed by atoms with Crippen LogP contribution in [-0.4, -0.2) is 50.6 Å². The Morgan fingerprint density at radius 1 is 0.868 bits per heavy atom. The smallest absolute Gasteiger partial charge is 0.254 e. The van der Waals surface area contributed by atoms with Gasteiger partial charge in [0.2, 0.25) is 20.0 Å². The third-order valence-corrected chi connectivity index (χ3v) is 10.4. The number of carbonyl (C=O) groups is 1. The van der Waals surface area contributed by atoms with Gasteiger partial charge in [-0.25, -0.2) is 21.2 Å². The van der Waals surface area contributed by atoms with Gasteiger partial charge in [0.1, 0.15) is 5.82 Å². The van der Waals surface area contributed by atoms with Crippen LogP contribution in [0, 0.1) is 5.82 Å². The summed E-state index contributed by atoms with van der Waals surface area (Å²) in [5.41, 5.74) is 7.18. The zero-order valence-corrected chi connectivity index (χ0v) is 22.9. The van der Waals surface area contributed by atoms with Gasteiger partial charge in [-0.1, -0.05) is 47.5 Å². The molecular weight excluding hydrogens is 578 g/mol. The van der Waals surface area contributed by atoms with Crippen LogP contribution in [0.1, 0.15) is 11.1 Å². The highest BCUT2D eigenvalue weighted by Gasteiger charge is 2.49. The standard InChI is InChI=1S/C24H23Cl2FN4O5S2/c25-21-9-8-20(13-22(21)26)38(35,36)31-11-10-30(37(33,34)19-6-4-18(27)5-7-19)24(31)23(32)29-15-17-3-1-2-16(12-17)14-28/h1-9,12-13,24H,10-11,14-15,28H2,(H,29,32). The minimum absolute atomic E-state index is 0.00568. The normalized spacial score (nSPS) is 17.0. The molecule has 1 aliphatic heterocycles.